The van der Waals surface area contributed by atoms with Gasteiger partial charge in [0.25, 0.3) is 5.91 Å². The molecule has 1 fully saturated rings. The second kappa shape index (κ2) is 8.07. The van der Waals surface area contributed by atoms with E-state index in [1.807, 2.05) is 19.2 Å². The fourth-order valence-corrected chi connectivity index (χ4v) is 4.03. The Morgan fingerprint density at radius 1 is 1.10 bits per heavy atom. The van der Waals surface area contributed by atoms with E-state index in [0.29, 0.717) is 24.0 Å². The van der Waals surface area contributed by atoms with Crippen LogP contribution < -0.4 is 5.32 Å². The summed E-state index contributed by atoms with van der Waals surface area (Å²) in [5, 5.41) is 3.46. The molecule has 0 radical (unpaired) electrons. The molecule has 1 N–H and O–H groups in total. The Morgan fingerprint density at radius 3 is 2.60 bits per heavy atom. The quantitative estimate of drug-likeness (QED) is 0.633. The van der Waals surface area contributed by atoms with Crippen LogP contribution in [-0.2, 0) is 6.18 Å². The maximum Gasteiger partial charge on any atom is 0.416 e. The highest BCUT2D eigenvalue weighted by Gasteiger charge is 2.36. The number of anilines is 1. The first kappa shape index (κ1) is 20.3. The van der Waals surface area contributed by atoms with Gasteiger partial charge in [-0.15, -0.1) is 0 Å². The molecule has 0 atom stereocenters. The third-order valence-corrected chi connectivity index (χ3v) is 5.67. The topological polar surface area (TPSA) is 45.2 Å². The lowest BCUT2D eigenvalue weighted by molar-refractivity contribution is -0.138. The number of carbonyl (C=O) groups is 1. The number of benzene rings is 2. The smallest absolute Gasteiger partial charge is 0.321 e. The Morgan fingerprint density at radius 2 is 1.87 bits per heavy atom. The van der Waals surface area contributed by atoms with Gasteiger partial charge >= 0.3 is 6.18 Å². The Labute approximate surface area is 172 Å². The van der Waals surface area contributed by atoms with Crippen molar-refractivity contribution in [2.24, 2.45) is 0 Å². The number of carbonyl (C=O) groups excluding carboxylic acids is 1. The first-order valence-corrected chi connectivity index (χ1v) is 9.88. The Kier molecular flexibility index (Phi) is 5.47. The fraction of sp³-hybridized carbons (Fsp3) is 0.304. The minimum absolute atomic E-state index is 0.0140. The molecular weight excluding hydrogens is 391 g/mol. The van der Waals surface area contributed by atoms with E-state index in [2.05, 4.69) is 15.2 Å². The van der Waals surface area contributed by atoms with Gasteiger partial charge in [-0.3, -0.25) is 9.78 Å². The number of hydrogen-bond acceptors (Lipinski definition) is 3. The SMILES string of the molecule is CN1CCC(c2ccc(C(=O)Nc3cccc4ncccc34)cc2C(F)(F)F)CC1. The van der Waals surface area contributed by atoms with Crippen molar-refractivity contribution >= 4 is 22.5 Å². The average molecular weight is 413 g/mol. The van der Waals surface area contributed by atoms with Crippen LogP contribution in [0, 0.1) is 0 Å². The van der Waals surface area contributed by atoms with E-state index in [1.165, 1.54) is 12.1 Å². The predicted molar refractivity (Wildman–Crippen MR) is 111 cm³/mol. The molecule has 4 rings (SSSR count). The highest BCUT2D eigenvalue weighted by Crippen LogP contribution is 2.39. The second-order valence-electron chi connectivity index (χ2n) is 7.71. The molecule has 0 unspecified atom stereocenters. The number of nitrogens with one attached hydrogen (secondary N) is 1. The largest absolute Gasteiger partial charge is 0.416 e. The lowest BCUT2D eigenvalue weighted by atomic mass is 9.85. The van der Waals surface area contributed by atoms with E-state index in [-0.39, 0.29) is 17.0 Å². The number of likely N-dealkylation sites (tertiary alicyclic amines) is 1. The van der Waals surface area contributed by atoms with Crippen LogP contribution in [0.15, 0.2) is 54.7 Å². The van der Waals surface area contributed by atoms with E-state index >= 15 is 0 Å². The van der Waals surface area contributed by atoms with Crippen LogP contribution in [0.3, 0.4) is 0 Å². The molecule has 1 amide bonds. The summed E-state index contributed by atoms with van der Waals surface area (Å²) in [4.78, 5) is 19.1. The molecule has 0 bridgehead atoms. The molecule has 1 aliphatic heterocycles. The summed E-state index contributed by atoms with van der Waals surface area (Å²) in [5.41, 5.74) is 0.758. The van der Waals surface area contributed by atoms with Crippen molar-refractivity contribution in [1.29, 1.82) is 0 Å². The number of amides is 1. The maximum absolute atomic E-state index is 13.8. The number of halogens is 3. The second-order valence-corrected chi connectivity index (χ2v) is 7.71. The molecule has 0 aliphatic carbocycles. The summed E-state index contributed by atoms with van der Waals surface area (Å²) in [6, 6.07) is 12.8. The fourth-order valence-electron chi connectivity index (χ4n) is 4.03. The first-order valence-electron chi connectivity index (χ1n) is 9.88. The van der Waals surface area contributed by atoms with E-state index < -0.39 is 17.6 Å². The average Bonchev–Trinajstić information content (AvgIpc) is 2.73. The zero-order valence-electron chi connectivity index (χ0n) is 16.5. The predicted octanol–water partition coefficient (Wildman–Crippen LogP) is 5.32. The number of aromatic nitrogens is 1. The van der Waals surface area contributed by atoms with Gasteiger partial charge in [0, 0.05) is 17.1 Å². The molecule has 30 heavy (non-hydrogen) atoms. The molecule has 4 nitrogen and oxygen atoms in total. The summed E-state index contributed by atoms with van der Waals surface area (Å²) in [5.74, 6) is -0.731. The van der Waals surface area contributed by atoms with Crippen molar-refractivity contribution < 1.29 is 18.0 Å². The normalized spacial score (nSPS) is 16.0. The van der Waals surface area contributed by atoms with Crippen LogP contribution in [0.1, 0.15) is 40.2 Å². The molecule has 0 spiro atoms. The Hall–Kier alpha value is -2.93. The molecule has 156 valence electrons. The van der Waals surface area contributed by atoms with Gasteiger partial charge in [0.1, 0.15) is 0 Å². The highest BCUT2D eigenvalue weighted by atomic mass is 19.4. The lowest BCUT2D eigenvalue weighted by Crippen LogP contribution is -2.30. The molecule has 7 heteroatoms. The monoisotopic (exact) mass is 413 g/mol. The zero-order chi connectivity index (χ0) is 21.3. The Balaban J connectivity index is 1.64. The van der Waals surface area contributed by atoms with Crippen molar-refractivity contribution in [2.45, 2.75) is 24.9 Å². The molecule has 3 aromatic rings. The van der Waals surface area contributed by atoms with Crippen LogP contribution in [0.4, 0.5) is 18.9 Å². The van der Waals surface area contributed by atoms with Gasteiger partial charge < -0.3 is 10.2 Å². The van der Waals surface area contributed by atoms with Crippen molar-refractivity contribution in [3.8, 4) is 0 Å². The van der Waals surface area contributed by atoms with Gasteiger partial charge in [-0.05, 0) is 80.9 Å². The van der Waals surface area contributed by atoms with Crippen molar-refractivity contribution in [2.75, 3.05) is 25.5 Å². The number of nitrogens with zero attached hydrogens (tertiary/aromatic N) is 2. The molecule has 1 aromatic heterocycles. The van der Waals surface area contributed by atoms with E-state index in [0.717, 1.165) is 24.5 Å². The van der Waals surface area contributed by atoms with Crippen molar-refractivity contribution in [3.05, 3.63) is 71.4 Å². The first-order chi connectivity index (χ1) is 14.3. The number of pyridine rings is 1. The lowest BCUT2D eigenvalue weighted by Gasteiger charge is -2.30. The van der Waals surface area contributed by atoms with Crippen LogP contribution in [-0.4, -0.2) is 35.9 Å². The standard InChI is InChI=1S/C23H22F3N3O/c1-29-12-9-15(10-13-29)17-8-7-16(14-19(17)23(24,25)26)22(30)28-21-6-2-5-20-18(21)4-3-11-27-20/h2-8,11,14-15H,9-10,12-13H2,1H3,(H,28,30). The molecule has 1 saturated heterocycles. The molecule has 0 saturated carbocycles. The van der Waals surface area contributed by atoms with Gasteiger partial charge in [0.05, 0.1) is 16.8 Å². The highest BCUT2D eigenvalue weighted by molar-refractivity contribution is 6.08. The Bertz CT molecular complexity index is 1070. The van der Waals surface area contributed by atoms with E-state index in [4.69, 9.17) is 0 Å². The summed E-state index contributed by atoms with van der Waals surface area (Å²) in [6.45, 7) is 1.53. The summed E-state index contributed by atoms with van der Waals surface area (Å²) in [7, 11) is 1.97. The third-order valence-electron chi connectivity index (χ3n) is 5.67. The van der Waals surface area contributed by atoms with Crippen LogP contribution >= 0.6 is 0 Å². The number of fused-ring (bicyclic) bond motifs is 1. The molecule has 1 aliphatic rings. The minimum Gasteiger partial charge on any atom is -0.321 e. The molecular formula is C23H22F3N3O. The van der Waals surface area contributed by atoms with Gasteiger partial charge in [0.2, 0.25) is 0 Å². The number of rotatable bonds is 3. The van der Waals surface area contributed by atoms with Crippen LogP contribution in [0.5, 0.6) is 0 Å². The maximum atomic E-state index is 13.8. The van der Waals surface area contributed by atoms with Gasteiger partial charge in [-0.25, -0.2) is 0 Å². The van der Waals surface area contributed by atoms with Crippen LogP contribution in [0.25, 0.3) is 10.9 Å². The summed E-state index contributed by atoms with van der Waals surface area (Å²) >= 11 is 0. The number of hydrogen-bond donors (Lipinski definition) is 1. The molecule has 2 aromatic carbocycles. The van der Waals surface area contributed by atoms with Gasteiger partial charge in [-0.1, -0.05) is 12.1 Å². The third kappa shape index (κ3) is 4.16. The van der Waals surface area contributed by atoms with Crippen molar-refractivity contribution in [3.63, 3.8) is 0 Å². The van der Waals surface area contributed by atoms with E-state index in [9.17, 15) is 18.0 Å². The van der Waals surface area contributed by atoms with E-state index in [1.54, 1.807) is 24.4 Å². The van der Waals surface area contributed by atoms with Crippen molar-refractivity contribution in [1.82, 2.24) is 9.88 Å². The number of piperidine rings is 1. The summed E-state index contributed by atoms with van der Waals surface area (Å²) < 4.78 is 41.4. The molecule has 2 heterocycles. The summed E-state index contributed by atoms with van der Waals surface area (Å²) in [6.07, 6.45) is -1.52. The van der Waals surface area contributed by atoms with Crippen LogP contribution in [0.2, 0.25) is 0 Å². The van der Waals surface area contributed by atoms with Gasteiger partial charge in [-0.2, -0.15) is 13.2 Å². The zero-order valence-corrected chi connectivity index (χ0v) is 16.5. The number of alkyl halides is 3. The van der Waals surface area contributed by atoms with Gasteiger partial charge in [0.15, 0.2) is 0 Å². The minimum atomic E-state index is -4.52.